The Morgan fingerprint density at radius 3 is 2.89 bits per heavy atom. The highest BCUT2D eigenvalue weighted by Gasteiger charge is 2.22. The Morgan fingerprint density at radius 1 is 1.47 bits per heavy atom. The van der Waals surface area contributed by atoms with Gasteiger partial charge in [-0.15, -0.1) is 0 Å². The topological polar surface area (TPSA) is 45.2 Å². The molecule has 0 saturated carbocycles. The van der Waals surface area contributed by atoms with Gasteiger partial charge < -0.3 is 10.2 Å². The number of nitrogens with zero attached hydrogens (tertiary/aromatic N) is 2. The Labute approximate surface area is 113 Å². The molecule has 0 bridgehead atoms. The van der Waals surface area contributed by atoms with Crippen LogP contribution in [0.3, 0.4) is 0 Å². The van der Waals surface area contributed by atoms with Gasteiger partial charge in [-0.25, -0.2) is 4.39 Å². The lowest BCUT2D eigenvalue weighted by atomic mass is 10.1. The van der Waals surface area contributed by atoms with Crippen LogP contribution in [0.15, 0.2) is 18.5 Å². The molecule has 19 heavy (non-hydrogen) atoms. The first-order chi connectivity index (χ1) is 9.06. The van der Waals surface area contributed by atoms with Crippen LogP contribution in [-0.4, -0.2) is 34.9 Å². The Balaban J connectivity index is 1.87. The Bertz CT molecular complexity index is 452. The third kappa shape index (κ3) is 3.73. The van der Waals surface area contributed by atoms with Crippen molar-refractivity contribution in [1.29, 1.82) is 0 Å². The molecule has 1 saturated heterocycles. The number of hydrogen-bond acceptors (Lipinski definition) is 3. The van der Waals surface area contributed by atoms with Gasteiger partial charge in [-0.1, -0.05) is 0 Å². The molecule has 2 heterocycles. The molecule has 1 amide bonds. The van der Waals surface area contributed by atoms with Gasteiger partial charge in [0.1, 0.15) is 5.82 Å². The minimum Gasteiger partial charge on any atom is -0.341 e. The lowest BCUT2D eigenvalue weighted by Gasteiger charge is -2.25. The van der Waals surface area contributed by atoms with E-state index in [-0.39, 0.29) is 23.8 Å². The van der Waals surface area contributed by atoms with Gasteiger partial charge in [-0.2, -0.15) is 0 Å². The normalized spacial score (nSPS) is 18.7. The molecule has 104 valence electrons. The number of carbonyl (C=O) groups excluding carboxylic acids is 1. The zero-order valence-corrected chi connectivity index (χ0v) is 11.4. The van der Waals surface area contributed by atoms with Gasteiger partial charge in [0, 0.05) is 37.8 Å². The van der Waals surface area contributed by atoms with E-state index in [9.17, 15) is 9.18 Å². The lowest BCUT2D eigenvalue weighted by molar-refractivity contribution is -0.127. The predicted octanol–water partition coefficient (Wildman–Crippen LogP) is 1.88. The maximum Gasteiger partial charge on any atom is 0.222 e. The van der Waals surface area contributed by atoms with Gasteiger partial charge in [0.15, 0.2) is 0 Å². The molecular formula is C14H20FN3O. The zero-order valence-electron chi connectivity index (χ0n) is 11.4. The summed E-state index contributed by atoms with van der Waals surface area (Å²) in [5.41, 5.74) is 0.819. The summed E-state index contributed by atoms with van der Waals surface area (Å²) < 4.78 is 13.1. The summed E-state index contributed by atoms with van der Waals surface area (Å²) >= 11 is 0. The summed E-state index contributed by atoms with van der Waals surface area (Å²) in [6.45, 7) is 5.56. The quantitative estimate of drug-likeness (QED) is 0.884. The molecule has 1 aromatic heterocycles. The fourth-order valence-corrected chi connectivity index (χ4v) is 2.47. The van der Waals surface area contributed by atoms with E-state index in [1.165, 1.54) is 12.3 Å². The van der Waals surface area contributed by atoms with Crippen molar-refractivity contribution in [3.8, 4) is 0 Å². The largest absolute Gasteiger partial charge is 0.341 e. The summed E-state index contributed by atoms with van der Waals surface area (Å²) in [6, 6.07) is 1.66. The molecule has 5 heteroatoms. The average Bonchev–Trinajstić information content (AvgIpc) is 2.75. The van der Waals surface area contributed by atoms with Crippen LogP contribution in [0.5, 0.6) is 0 Å². The van der Waals surface area contributed by atoms with Crippen LogP contribution in [0.1, 0.15) is 38.3 Å². The molecule has 1 aliphatic heterocycles. The molecule has 4 nitrogen and oxygen atoms in total. The number of likely N-dealkylation sites (tertiary alicyclic amines) is 1. The standard InChI is InChI=1S/C14H20FN3O/c1-10(9-18-5-3-4-14(18)19)17-11(2)12-6-13(15)8-16-7-12/h6-8,10-11,17H,3-5,9H2,1-2H3. The smallest absolute Gasteiger partial charge is 0.222 e. The van der Waals surface area contributed by atoms with Crippen molar-refractivity contribution in [2.24, 2.45) is 0 Å². The lowest BCUT2D eigenvalue weighted by Crippen LogP contribution is -2.40. The van der Waals surface area contributed by atoms with Crippen molar-refractivity contribution >= 4 is 5.91 Å². The third-order valence-electron chi connectivity index (χ3n) is 3.43. The number of rotatable bonds is 5. The van der Waals surface area contributed by atoms with Gasteiger partial charge in [0.2, 0.25) is 5.91 Å². The second kappa shape index (κ2) is 6.10. The van der Waals surface area contributed by atoms with Crippen molar-refractivity contribution < 1.29 is 9.18 Å². The highest BCUT2D eigenvalue weighted by atomic mass is 19.1. The van der Waals surface area contributed by atoms with Crippen LogP contribution in [0.25, 0.3) is 0 Å². The molecule has 2 rings (SSSR count). The number of carbonyl (C=O) groups is 1. The van der Waals surface area contributed by atoms with Crippen molar-refractivity contribution in [3.63, 3.8) is 0 Å². The first-order valence-corrected chi connectivity index (χ1v) is 6.70. The van der Waals surface area contributed by atoms with Gasteiger partial charge in [-0.05, 0) is 31.9 Å². The second-order valence-corrected chi connectivity index (χ2v) is 5.17. The average molecular weight is 265 g/mol. The summed E-state index contributed by atoms with van der Waals surface area (Å²) in [5.74, 6) is -0.0951. The fraction of sp³-hybridized carbons (Fsp3) is 0.571. The fourth-order valence-electron chi connectivity index (χ4n) is 2.47. The van der Waals surface area contributed by atoms with Gasteiger partial charge >= 0.3 is 0 Å². The van der Waals surface area contributed by atoms with E-state index >= 15 is 0 Å². The molecule has 1 N–H and O–H groups in total. The van der Waals surface area contributed by atoms with E-state index in [1.54, 1.807) is 6.20 Å². The van der Waals surface area contributed by atoms with E-state index in [0.717, 1.165) is 18.5 Å². The molecule has 0 aliphatic carbocycles. The summed E-state index contributed by atoms with van der Waals surface area (Å²) in [5, 5.41) is 3.37. The van der Waals surface area contributed by atoms with Gasteiger partial charge in [0.25, 0.3) is 0 Å². The first-order valence-electron chi connectivity index (χ1n) is 6.70. The number of pyridine rings is 1. The summed E-state index contributed by atoms with van der Waals surface area (Å²) in [7, 11) is 0. The molecule has 2 atom stereocenters. The number of aromatic nitrogens is 1. The monoisotopic (exact) mass is 265 g/mol. The highest BCUT2D eigenvalue weighted by Crippen LogP contribution is 2.14. The maximum atomic E-state index is 13.1. The minimum absolute atomic E-state index is 0.0101. The molecule has 0 spiro atoms. The highest BCUT2D eigenvalue weighted by molar-refractivity contribution is 5.78. The Morgan fingerprint density at radius 2 is 2.26 bits per heavy atom. The third-order valence-corrected chi connectivity index (χ3v) is 3.43. The van der Waals surface area contributed by atoms with Crippen LogP contribution in [0.4, 0.5) is 4.39 Å². The molecule has 1 aromatic rings. The minimum atomic E-state index is -0.325. The molecule has 0 radical (unpaired) electrons. The van der Waals surface area contributed by atoms with Crippen LogP contribution in [-0.2, 0) is 4.79 Å². The maximum absolute atomic E-state index is 13.1. The van der Waals surface area contributed by atoms with E-state index in [1.807, 2.05) is 18.7 Å². The number of hydrogen-bond donors (Lipinski definition) is 1. The van der Waals surface area contributed by atoms with Crippen LogP contribution >= 0.6 is 0 Å². The van der Waals surface area contributed by atoms with E-state index in [4.69, 9.17) is 0 Å². The second-order valence-electron chi connectivity index (χ2n) is 5.17. The summed E-state index contributed by atoms with van der Waals surface area (Å²) in [4.78, 5) is 17.3. The molecule has 1 fully saturated rings. The van der Waals surface area contributed by atoms with Crippen molar-refractivity contribution in [2.75, 3.05) is 13.1 Å². The first kappa shape index (κ1) is 13.9. The zero-order chi connectivity index (χ0) is 13.8. The van der Waals surface area contributed by atoms with Crippen LogP contribution in [0, 0.1) is 5.82 Å². The number of halogens is 1. The summed E-state index contributed by atoms with van der Waals surface area (Å²) in [6.07, 6.45) is 4.47. The van der Waals surface area contributed by atoms with Gasteiger partial charge in [0.05, 0.1) is 6.20 Å². The molecule has 0 aromatic carbocycles. The number of amides is 1. The van der Waals surface area contributed by atoms with Gasteiger partial charge in [-0.3, -0.25) is 9.78 Å². The number of nitrogens with one attached hydrogen (secondary N) is 1. The molecule has 1 aliphatic rings. The van der Waals surface area contributed by atoms with Crippen molar-refractivity contribution in [2.45, 2.75) is 38.8 Å². The van der Waals surface area contributed by atoms with E-state index in [0.29, 0.717) is 13.0 Å². The van der Waals surface area contributed by atoms with Crippen molar-refractivity contribution in [3.05, 3.63) is 29.8 Å². The van der Waals surface area contributed by atoms with Crippen molar-refractivity contribution in [1.82, 2.24) is 15.2 Å². The van der Waals surface area contributed by atoms with Crippen LogP contribution < -0.4 is 5.32 Å². The van der Waals surface area contributed by atoms with Crippen LogP contribution in [0.2, 0.25) is 0 Å². The molecule has 2 unspecified atom stereocenters. The molecular weight excluding hydrogens is 245 g/mol. The predicted molar refractivity (Wildman–Crippen MR) is 71.0 cm³/mol. The van der Waals surface area contributed by atoms with E-state index < -0.39 is 0 Å². The SMILES string of the molecule is CC(CN1CCCC1=O)NC(C)c1cncc(F)c1. The Hall–Kier alpha value is -1.49. The van der Waals surface area contributed by atoms with E-state index in [2.05, 4.69) is 10.3 Å². The Kier molecular flexibility index (Phi) is 4.47.